The molecule has 0 amide bonds. The van der Waals surface area contributed by atoms with Crippen molar-refractivity contribution < 1.29 is 0 Å². The van der Waals surface area contributed by atoms with E-state index < -0.39 is 0 Å². The molecule has 110 valence electrons. The highest BCUT2D eigenvalue weighted by Crippen LogP contribution is 2.27. The van der Waals surface area contributed by atoms with E-state index in [1.165, 1.54) is 32.1 Å². The summed E-state index contributed by atoms with van der Waals surface area (Å²) >= 11 is 6.45. The Bertz CT molecular complexity index is 533. The maximum Gasteiger partial charge on any atom is 0.0705 e. The Morgan fingerprint density at radius 3 is 2.65 bits per heavy atom. The molecule has 0 fully saturated rings. The van der Waals surface area contributed by atoms with E-state index in [1.807, 2.05) is 12.1 Å². The third-order valence-electron chi connectivity index (χ3n) is 3.82. The zero-order chi connectivity index (χ0) is 14.4. The summed E-state index contributed by atoms with van der Waals surface area (Å²) in [5, 5.41) is 5.64. The van der Waals surface area contributed by atoms with E-state index in [4.69, 9.17) is 11.6 Å². The van der Waals surface area contributed by atoms with Gasteiger partial charge in [-0.1, -0.05) is 62.9 Å². The van der Waals surface area contributed by atoms with Crippen molar-refractivity contribution in [2.75, 3.05) is 0 Å². The van der Waals surface area contributed by atoms with E-state index in [1.54, 1.807) is 0 Å². The molecule has 2 nitrogen and oxygen atoms in total. The lowest BCUT2D eigenvalue weighted by molar-refractivity contribution is 0.432. The standard InChI is InChI=1S/C17H25ClN2/c1-3-5-9-13(8-4-2)19-12-16-17(18)14-10-6-7-11-15(14)20-16/h6-7,10-11,13,19-20H,3-5,8-9,12H2,1-2H3. The van der Waals surface area contributed by atoms with Crippen LogP contribution in [0.15, 0.2) is 24.3 Å². The normalized spacial score (nSPS) is 12.9. The van der Waals surface area contributed by atoms with Crippen LogP contribution in [0, 0.1) is 0 Å². The van der Waals surface area contributed by atoms with Gasteiger partial charge >= 0.3 is 0 Å². The van der Waals surface area contributed by atoms with Crippen molar-refractivity contribution in [1.29, 1.82) is 0 Å². The number of fused-ring (bicyclic) bond motifs is 1. The third kappa shape index (κ3) is 3.77. The highest BCUT2D eigenvalue weighted by molar-refractivity contribution is 6.36. The molecule has 3 heteroatoms. The van der Waals surface area contributed by atoms with Crippen LogP contribution in [0.3, 0.4) is 0 Å². The van der Waals surface area contributed by atoms with Gasteiger partial charge < -0.3 is 10.3 Å². The topological polar surface area (TPSA) is 27.8 Å². The Hall–Kier alpha value is -0.990. The van der Waals surface area contributed by atoms with Crippen molar-refractivity contribution in [2.45, 2.75) is 58.5 Å². The first-order valence-corrected chi connectivity index (χ1v) is 8.12. The van der Waals surface area contributed by atoms with E-state index in [0.717, 1.165) is 28.2 Å². The van der Waals surface area contributed by atoms with E-state index >= 15 is 0 Å². The van der Waals surface area contributed by atoms with Gasteiger partial charge in [0.05, 0.1) is 5.02 Å². The largest absolute Gasteiger partial charge is 0.356 e. The van der Waals surface area contributed by atoms with E-state index in [-0.39, 0.29) is 0 Å². The molecule has 1 heterocycles. The van der Waals surface area contributed by atoms with Crippen LogP contribution in [0.5, 0.6) is 0 Å². The van der Waals surface area contributed by atoms with Crippen LogP contribution in [0.1, 0.15) is 51.6 Å². The second-order valence-corrected chi connectivity index (χ2v) is 5.85. The van der Waals surface area contributed by atoms with Crippen LogP contribution in [-0.4, -0.2) is 11.0 Å². The van der Waals surface area contributed by atoms with Gasteiger partial charge in [-0.3, -0.25) is 0 Å². The minimum absolute atomic E-state index is 0.599. The molecule has 0 aliphatic rings. The summed E-state index contributed by atoms with van der Waals surface area (Å²) in [4.78, 5) is 3.42. The van der Waals surface area contributed by atoms with Crippen LogP contribution in [0.25, 0.3) is 10.9 Å². The highest BCUT2D eigenvalue weighted by atomic mass is 35.5. The number of benzene rings is 1. The molecule has 0 aliphatic heterocycles. The molecular formula is C17H25ClN2. The summed E-state index contributed by atoms with van der Waals surface area (Å²) in [6, 6.07) is 8.81. The van der Waals surface area contributed by atoms with Crippen molar-refractivity contribution in [1.82, 2.24) is 10.3 Å². The molecule has 1 aromatic heterocycles. The third-order valence-corrected chi connectivity index (χ3v) is 4.26. The number of unbranched alkanes of at least 4 members (excludes halogenated alkanes) is 1. The van der Waals surface area contributed by atoms with Crippen molar-refractivity contribution in [3.8, 4) is 0 Å². The summed E-state index contributed by atoms with van der Waals surface area (Å²) in [6.07, 6.45) is 6.26. The number of para-hydroxylation sites is 1. The number of H-pyrrole nitrogens is 1. The monoisotopic (exact) mass is 292 g/mol. The molecule has 0 aliphatic carbocycles. The average molecular weight is 293 g/mol. The smallest absolute Gasteiger partial charge is 0.0705 e. The van der Waals surface area contributed by atoms with E-state index in [2.05, 4.69) is 36.3 Å². The molecule has 2 N–H and O–H groups in total. The van der Waals surface area contributed by atoms with Gasteiger partial charge in [-0.2, -0.15) is 0 Å². The average Bonchev–Trinajstić information content (AvgIpc) is 2.79. The molecule has 1 unspecified atom stereocenters. The predicted molar refractivity (Wildman–Crippen MR) is 88.4 cm³/mol. The molecule has 0 radical (unpaired) electrons. The molecule has 20 heavy (non-hydrogen) atoms. The van der Waals surface area contributed by atoms with Crippen LogP contribution in [-0.2, 0) is 6.54 Å². The number of aromatic amines is 1. The van der Waals surface area contributed by atoms with Gasteiger partial charge in [0, 0.05) is 29.2 Å². The molecule has 2 rings (SSSR count). The first-order chi connectivity index (χ1) is 9.76. The highest BCUT2D eigenvalue weighted by Gasteiger charge is 2.11. The van der Waals surface area contributed by atoms with Crippen molar-refractivity contribution in [3.63, 3.8) is 0 Å². The second-order valence-electron chi connectivity index (χ2n) is 5.47. The predicted octanol–water partition coefficient (Wildman–Crippen LogP) is 5.27. The molecule has 2 aromatic rings. The number of aromatic nitrogens is 1. The molecule has 1 atom stereocenters. The lowest BCUT2D eigenvalue weighted by Gasteiger charge is -2.17. The summed E-state index contributed by atoms with van der Waals surface area (Å²) in [7, 11) is 0. The van der Waals surface area contributed by atoms with Crippen LogP contribution >= 0.6 is 11.6 Å². The Kier molecular flexibility index (Phi) is 5.93. The maximum atomic E-state index is 6.45. The SMILES string of the molecule is CCCCC(CCC)NCc1[nH]c2ccccc2c1Cl. The van der Waals surface area contributed by atoms with Gasteiger partial charge in [0.15, 0.2) is 0 Å². The molecule has 0 saturated carbocycles. The zero-order valence-corrected chi connectivity index (χ0v) is 13.3. The summed E-state index contributed by atoms with van der Waals surface area (Å²) < 4.78 is 0. The fourth-order valence-electron chi connectivity index (χ4n) is 2.68. The minimum Gasteiger partial charge on any atom is -0.356 e. The second kappa shape index (κ2) is 7.70. The molecule has 0 spiro atoms. The number of nitrogens with one attached hydrogen (secondary N) is 2. The Balaban J connectivity index is 2.01. The minimum atomic E-state index is 0.599. The van der Waals surface area contributed by atoms with Gasteiger partial charge in [0.2, 0.25) is 0 Å². The van der Waals surface area contributed by atoms with Gasteiger partial charge in [0.25, 0.3) is 0 Å². The lowest BCUT2D eigenvalue weighted by Crippen LogP contribution is -2.28. The van der Waals surface area contributed by atoms with Crippen molar-refractivity contribution in [3.05, 3.63) is 35.0 Å². The fourth-order valence-corrected chi connectivity index (χ4v) is 2.96. The van der Waals surface area contributed by atoms with E-state index in [9.17, 15) is 0 Å². The zero-order valence-electron chi connectivity index (χ0n) is 12.5. The quantitative estimate of drug-likeness (QED) is 0.681. The van der Waals surface area contributed by atoms with Crippen molar-refractivity contribution >= 4 is 22.5 Å². The maximum absolute atomic E-state index is 6.45. The Morgan fingerprint density at radius 1 is 1.15 bits per heavy atom. The molecular weight excluding hydrogens is 268 g/mol. The summed E-state index contributed by atoms with van der Waals surface area (Å²) in [5.41, 5.74) is 2.22. The van der Waals surface area contributed by atoms with Crippen molar-refractivity contribution in [2.24, 2.45) is 0 Å². The van der Waals surface area contributed by atoms with E-state index in [0.29, 0.717) is 6.04 Å². The fraction of sp³-hybridized carbons (Fsp3) is 0.529. The Labute approximate surface area is 126 Å². The molecule has 1 aromatic carbocycles. The summed E-state index contributed by atoms with van der Waals surface area (Å²) in [6.45, 7) is 5.32. The van der Waals surface area contributed by atoms with Crippen LogP contribution in [0.2, 0.25) is 5.02 Å². The number of hydrogen-bond acceptors (Lipinski definition) is 1. The first kappa shape index (κ1) is 15.4. The van der Waals surface area contributed by atoms with Gasteiger partial charge in [-0.25, -0.2) is 0 Å². The van der Waals surface area contributed by atoms with Crippen LogP contribution < -0.4 is 5.32 Å². The van der Waals surface area contributed by atoms with Gasteiger partial charge in [0.1, 0.15) is 0 Å². The summed E-state index contributed by atoms with van der Waals surface area (Å²) in [5.74, 6) is 0. The molecule has 0 bridgehead atoms. The first-order valence-electron chi connectivity index (χ1n) is 7.74. The number of halogens is 1. The van der Waals surface area contributed by atoms with Gasteiger partial charge in [-0.05, 0) is 18.9 Å². The number of hydrogen-bond donors (Lipinski definition) is 2. The number of rotatable bonds is 8. The Morgan fingerprint density at radius 2 is 1.95 bits per heavy atom. The van der Waals surface area contributed by atoms with Crippen LogP contribution in [0.4, 0.5) is 0 Å². The van der Waals surface area contributed by atoms with Gasteiger partial charge in [-0.15, -0.1) is 0 Å². The lowest BCUT2D eigenvalue weighted by atomic mass is 10.1. The molecule has 0 saturated heterocycles.